The van der Waals surface area contributed by atoms with E-state index in [9.17, 15) is 14.4 Å². The Balaban J connectivity index is 1.74. The van der Waals surface area contributed by atoms with Gasteiger partial charge in [0.1, 0.15) is 11.6 Å². The minimum absolute atomic E-state index is 0.0896. The molecule has 0 aromatic rings. The van der Waals surface area contributed by atoms with Gasteiger partial charge >= 0.3 is 5.97 Å². The summed E-state index contributed by atoms with van der Waals surface area (Å²) in [6, 6.07) is -0.282. The van der Waals surface area contributed by atoms with Crippen LogP contribution in [0, 0.1) is 0 Å². The molecular formula is C16H27N3O4. The molecule has 0 spiro atoms. The minimum atomic E-state index is -0.704. The van der Waals surface area contributed by atoms with Gasteiger partial charge in [0.15, 0.2) is 0 Å². The molecule has 1 aliphatic carbocycles. The van der Waals surface area contributed by atoms with Gasteiger partial charge in [-0.25, -0.2) is 4.79 Å². The Morgan fingerprint density at radius 2 is 1.96 bits per heavy atom. The average molecular weight is 325 g/mol. The standard InChI is InChI=1S/C16H27N3O4/c1-11(15(22)23-16(2,3)4)17-13(20)9-18-7-8-19(12-5-6-12)14(21)10-18/h11-12H,5-10H2,1-4H3,(H,17,20)/t11-/m0/s1. The van der Waals surface area contributed by atoms with Crippen LogP contribution in [0.25, 0.3) is 0 Å². The van der Waals surface area contributed by atoms with Crippen molar-refractivity contribution in [3.63, 3.8) is 0 Å². The summed E-state index contributed by atoms with van der Waals surface area (Å²) in [5.74, 6) is -0.636. The number of hydrogen-bond donors (Lipinski definition) is 1. The zero-order valence-corrected chi connectivity index (χ0v) is 14.4. The van der Waals surface area contributed by atoms with E-state index in [2.05, 4.69) is 5.32 Å². The second-order valence-electron chi connectivity index (χ2n) is 7.35. The molecule has 0 aromatic heterocycles. The van der Waals surface area contributed by atoms with Gasteiger partial charge in [-0.1, -0.05) is 0 Å². The molecule has 0 radical (unpaired) electrons. The number of rotatable bonds is 5. The summed E-state index contributed by atoms with van der Waals surface area (Å²) in [4.78, 5) is 39.7. The summed E-state index contributed by atoms with van der Waals surface area (Å²) < 4.78 is 5.23. The highest BCUT2D eigenvalue weighted by Crippen LogP contribution is 2.27. The maximum atomic E-state index is 12.0. The molecule has 1 aliphatic heterocycles. The highest BCUT2D eigenvalue weighted by atomic mass is 16.6. The Kier molecular flexibility index (Phi) is 5.29. The first kappa shape index (κ1) is 17.7. The Hall–Kier alpha value is -1.63. The fraction of sp³-hybridized carbons (Fsp3) is 0.812. The molecule has 1 N–H and O–H groups in total. The van der Waals surface area contributed by atoms with E-state index in [1.807, 2.05) is 9.80 Å². The number of piperazine rings is 1. The maximum Gasteiger partial charge on any atom is 0.328 e. The Bertz CT molecular complexity index is 482. The predicted octanol–water partition coefficient (Wildman–Crippen LogP) is 0.139. The molecule has 1 heterocycles. The lowest BCUT2D eigenvalue weighted by molar-refractivity contribution is -0.158. The third kappa shape index (κ3) is 5.49. The lowest BCUT2D eigenvalue weighted by Crippen LogP contribution is -2.54. The van der Waals surface area contributed by atoms with Crippen LogP contribution in [0.1, 0.15) is 40.5 Å². The lowest BCUT2D eigenvalue weighted by Gasteiger charge is -2.34. The fourth-order valence-corrected chi connectivity index (χ4v) is 2.58. The molecule has 7 nitrogen and oxygen atoms in total. The van der Waals surface area contributed by atoms with Crippen LogP contribution in [0.5, 0.6) is 0 Å². The number of ether oxygens (including phenoxy) is 1. The molecule has 1 atom stereocenters. The molecule has 130 valence electrons. The molecule has 2 amide bonds. The molecule has 1 saturated heterocycles. The summed E-state index contributed by atoms with van der Waals surface area (Å²) in [6.45, 7) is 8.71. The molecule has 2 rings (SSSR count). The largest absolute Gasteiger partial charge is 0.458 e. The van der Waals surface area contributed by atoms with Gasteiger partial charge < -0.3 is 15.0 Å². The number of carbonyl (C=O) groups excluding carboxylic acids is 3. The van der Waals surface area contributed by atoms with Crippen molar-refractivity contribution in [2.45, 2.75) is 58.2 Å². The number of carbonyl (C=O) groups is 3. The number of hydrogen-bond acceptors (Lipinski definition) is 5. The highest BCUT2D eigenvalue weighted by molar-refractivity contribution is 5.86. The molecule has 2 fully saturated rings. The molecule has 0 bridgehead atoms. The quantitative estimate of drug-likeness (QED) is 0.728. The van der Waals surface area contributed by atoms with Crippen molar-refractivity contribution in [3.8, 4) is 0 Å². The van der Waals surface area contributed by atoms with Gasteiger partial charge in [-0.15, -0.1) is 0 Å². The van der Waals surface area contributed by atoms with Gasteiger partial charge in [-0.05, 0) is 40.5 Å². The summed E-state index contributed by atoms with van der Waals surface area (Å²) in [7, 11) is 0. The minimum Gasteiger partial charge on any atom is -0.458 e. The predicted molar refractivity (Wildman–Crippen MR) is 84.6 cm³/mol. The Labute approximate surface area is 137 Å². The van der Waals surface area contributed by atoms with Gasteiger partial charge in [0, 0.05) is 19.1 Å². The molecule has 0 aromatic carbocycles. The van der Waals surface area contributed by atoms with Crippen molar-refractivity contribution in [2.24, 2.45) is 0 Å². The second-order valence-corrected chi connectivity index (χ2v) is 7.35. The van der Waals surface area contributed by atoms with E-state index in [0.717, 1.165) is 12.8 Å². The van der Waals surface area contributed by atoms with E-state index in [1.54, 1.807) is 27.7 Å². The zero-order chi connectivity index (χ0) is 17.2. The van der Waals surface area contributed by atoms with Gasteiger partial charge in [-0.3, -0.25) is 14.5 Å². The lowest BCUT2D eigenvalue weighted by atomic mass is 10.2. The van der Waals surface area contributed by atoms with Gasteiger partial charge in [0.25, 0.3) is 0 Å². The van der Waals surface area contributed by atoms with Crippen LogP contribution in [-0.4, -0.2) is 71.4 Å². The van der Waals surface area contributed by atoms with Crippen molar-refractivity contribution >= 4 is 17.8 Å². The molecule has 2 aliphatic rings. The van der Waals surface area contributed by atoms with Crippen molar-refractivity contribution in [1.29, 1.82) is 0 Å². The normalized spacial score (nSPS) is 21.0. The molecular weight excluding hydrogens is 298 g/mol. The number of amides is 2. The Morgan fingerprint density at radius 1 is 1.30 bits per heavy atom. The van der Waals surface area contributed by atoms with E-state index in [1.165, 1.54) is 0 Å². The number of nitrogens with one attached hydrogen (secondary N) is 1. The first-order valence-corrected chi connectivity index (χ1v) is 8.20. The van der Waals surface area contributed by atoms with Crippen LogP contribution in [0.3, 0.4) is 0 Å². The van der Waals surface area contributed by atoms with E-state index < -0.39 is 17.6 Å². The van der Waals surface area contributed by atoms with Crippen LogP contribution in [-0.2, 0) is 19.1 Å². The van der Waals surface area contributed by atoms with Crippen molar-refractivity contribution in [3.05, 3.63) is 0 Å². The Morgan fingerprint density at radius 3 is 2.48 bits per heavy atom. The van der Waals surface area contributed by atoms with Gasteiger partial charge in [-0.2, -0.15) is 0 Å². The first-order chi connectivity index (χ1) is 10.7. The fourth-order valence-electron chi connectivity index (χ4n) is 2.58. The number of esters is 1. The van der Waals surface area contributed by atoms with Gasteiger partial charge in [0.2, 0.25) is 11.8 Å². The third-order valence-corrected chi connectivity index (χ3v) is 3.83. The van der Waals surface area contributed by atoms with Crippen molar-refractivity contribution < 1.29 is 19.1 Å². The second kappa shape index (κ2) is 6.86. The van der Waals surface area contributed by atoms with Crippen molar-refractivity contribution in [1.82, 2.24) is 15.1 Å². The summed E-state index contributed by atoms with van der Waals surface area (Å²) in [5.41, 5.74) is -0.582. The molecule has 1 saturated carbocycles. The summed E-state index contributed by atoms with van der Waals surface area (Å²) in [5, 5.41) is 2.63. The van der Waals surface area contributed by atoms with Crippen LogP contribution >= 0.6 is 0 Å². The third-order valence-electron chi connectivity index (χ3n) is 3.83. The summed E-state index contributed by atoms with van der Waals surface area (Å²) >= 11 is 0. The van der Waals surface area contributed by atoms with E-state index in [0.29, 0.717) is 19.1 Å². The highest BCUT2D eigenvalue weighted by Gasteiger charge is 2.36. The SMILES string of the molecule is C[C@H](NC(=O)CN1CCN(C2CC2)C(=O)C1)C(=O)OC(C)(C)C. The monoisotopic (exact) mass is 325 g/mol. The van der Waals surface area contributed by atoms with E-state index >= 15 is 0 Å². The first-order valence-electron chi connectivity index (χ1n) is 8.20. The molecule has 7 heteroatoms. The van der Waals surface area contributed by atoms with Crippen molar-refractivity contribution in [2.75, 3.05) is 26.2 Å². The average Bonchev–Trinajstić information content (AvgIpc) is 3.20. The topological polar surface area (TPSA) is 79.0 Å². The van der Waals surface area contributed by atoms with Crippen LogP contribution in [0.2, 0.25) is 0 Å². The number of nitrogens with zero attached hydrogens (tertiary/aromatic N) is 2. The molecule has 0 unspecified atom stereocenters. The van der Waals surface area contributed by atoms with Gasteiger partial charge in [0.05, 0.1) is 13.1 Å². The smallest absolute Gasteiger partial charge is 0.328 e. The van der Waals surface area contributed by atoms with Crippen LogP contribution in [0.15, 0.2) is 0 Å². The summed E-state index contributed by atoms with van der Waals surface area (Å²) in [6.07, 6.45) is 2.19. The van der Waals surface area contributed by atoms with Crippen LogP contribution in [0.4, 0.5) is 0 Å². The van der Waals surface area contributed by atoms with Crippen LogP contribution < -0.4 is 5.32 Å². The molecule has 23 heavy (non-hydrogen) atoms. The zero-order valence-electron chi connectivity index (χ0n) is 14.4. The van der Waals surface area contributed by atoms with E-state index in [-0.39, 0.29) is 24.9 Å². The maximum absolute atomic E-state index is 12.0. The van der Waals surface area contributed by atoms with E-state index in [4.69, 9.17) is 4.74 Å².